The molecule has 3 rings (SSSR count). The van der Waals surface area contributed by atoms with Crippen molar-refractivity contribution in [1.82, 2.24) is 5.32 Å². The van der Waals surface area contributed by atoms with Crippen LogP contribution in [0.5, 0.6) is 0 Å². The van der Waals surface area contributed by atoms with Crippen molar-refractivity contribution in [3.63, 3.8) is 0 Å². The van der Waals surface area contributed by atoms with Crippen molar-refractivity contribution in [2.75, 3.05) is 13.2 Å². The molecule has 1 aliphatic heterocycles. The van der Waals surface area contributed by atoms with E-state index in [-0.39, 0.29) is 5.60 Å². The van der Waals surface area contributed by atoms with Crippen molar-refractivity contribution >= 4 is 17.3 Å². The molecule has 1 aliphatic carbocycles. The molecule has 0 aromatic carbocycles. The highest BCUT2D eigenvalue weighted by molar-refractivity contribution is 7.10. The molecule has 0 radical (unpaired) electrons. The lowest BCUT2D eigenvalue weighted by molar-refractivity contribution is -0.0375. The van der Waals surface area contributed by atoms with Gasteiger partial charge in [-0.15, -0.1) is 11.3 Å². The number of nitrogens with zero attached hydrogens (tertiary/aromatic N) is 1. The molecule has 1 aromatic rings. The number of hydrogen-bond acceptors (Lipinski definition) is 3. The minimum atomic E-state index is -0.316. The van der Waals surface area contributed by atoms with Gasteiger partial charge in [0.1, 0.15) is 5.60 Å². The normalized spacial score (nSPS) is 27.9. The van der Waals surface area contributed by atoms with Gasteiger partial charge < -0.3 is 15.8 Å². The molecule has 2 heterocycles. The first kappa shape index (κ1) is 12.0. The van der Waals surface area contributed by atoms with Crippen molar-refractivity contribution in [3.8, 4) is 0 Å². The van der Waals surface area contributed by atoms with Gasteiger partial charge in [-0.05, 0) is 36.8 Å². The fourth-order valence-electron chi connectivity index (χ4n) is 2.30. The molecule has 0 spiro atoms. The Morgan fingerprint density at radius 3 is 3.28 bits per heavy atom. The number of fused-ring (bicyclic) bond motifs is 1. The van der Waals surface area contributed by atoms with Crippen molar-refractivity contribution in [2.24, 2.45) is 10.7 Å². The van der Waals surface area contributed by atoms with E-state index >= 15 is 0 Å². The highest BCUT2D eigenvalue weighted by Crippen LogP contribution is 2.36. The Morgan fingerprint density at radius 2 is 2.50 bits per heavy atom. The van der Waals surface area contributed by atoms with E-state index in [1.165, 1.54) is 23.3 Å². The SMILES string of the molecule is CC1(CN=C(N)NC2CC2)OCCc2sccc21. The first-order valence-electron chi connectivity index (χ1n) is 6.45. The van der Waals surface area contributed by atoms with E-state index < -0.39 is 0 Å². The maximum atomic E-state index is 5.94. The van der Waals surface area contributed by atoms with E-state index in [0.29, 0.717) is 18.5 Å². The van der Waals surface area contributed by atoms with Gasteiger partial charge in [0.05, 0.1) is 13.2 Å². The van der Waals surface area contributed by atoms with E-state index in [1.807, 2.05) is 11.3 Å². The third kappa shape index (κ3) is 2.37. The molecule has 1 atom stereocenters. The third-order valence-corrected chi connectivity index (χ3v) is 4.53. The van der Waals surface area contributed by atoms with Crippen molar-refractivity contribution < 1.29 is 4.74 Å². The second-order valence-electron chi connectivity index (χ2n) is 5.21. The van der Waals surface area contributed by atoms with Crippen LogP contribution < -0.4 is 11.1 Å². The van der Waals surface area contributed by atoms with Crippen LogP contribution in [0.4, 0.5) is 0 Å². The summed E-state index contributed by atoms with van der Waals surface area (Å²) in [5.74, 6) is 0.546. The Bertz CT molecular complexity index is 467. The van der Waals surface area contributed by atoms with Crippen LogP contribution in [0.15, 0.2) is 16.4 Å². The first-order chi connectivity index (χ1) is 8.67. The highest BCUT2D eigenvalue weighted by Gasteiger charge is 2.34. The molecule has 1 saturated carbocycles. The number of ether oxygens (including phenoxy) is 1. The van der Waals surface area contributed by atoms with Crippen molar-refractivity contribution in [3.05, 3.63) is 21.9 Å². The molecule has 3 N–H and O–H groups in total. The fourth-order valence-corrected chi connectivity index (χ4v) is 3.28. The smallest absolute Gasteiger partial charge is 0.188 e. The van der Waals surface area contributed by atoms with E-state index in [1.54, 1.807) is 0 Å². The van der Waals surface area contributed by atoms with Gasteiger partial charge in [0.15, 0.2) is 5.96 Å². The van der Waals surface area contributed by atoms with Gasteiger partial charge in [-0.2, -0.15) is 0 Å². The summed E-state index contributed by atoms with van der Waals surface area (Å²) in [5, 5.41) is 5.34. The summed E-state index contributed by atoms with van der Waals surface area (Å²) < 4.78 is 5.94. The molecule has 2 aliphatic rings. The minimum absolute atomic E-state index is 0.316. The van der Waals surface area contributed by atoms with E-state index in [2.05, 4.69) is 28.7 Å². The molecule has 0 amide bonds. The summed E-state index contributed by atoms with van der Waals surface area (Å²) >= 11 is 1.81. The summed E-state index contributed by atoms with van der Waals surface area (Å²) in [5.41, 5.74) is 6.84. The van der Waals surface area contributed by atoms with Crippen molar-refractivity contribution in [1.29, 1.82) is 0 Å². The average Bonchev–Trinajstić information content (AvgIpc) is 3.01. The van der Waals surface area contributed by atoms with E-state index in [4.69, 9.17) is 10.5 Å². The number of thiophene rings is 1. The van der Waals surface area contributed by atoms with Crippen LogP contribution >= 0.6 is 11.3 Å². The van der Waals surface area contributed by atoms with E-state index in [0.717, 1.165) is 13.0 Å². The maximum absolute atomic E-state index is 5.94. The second kappa shape index (κ2) is 4.55. The molecule has 98 valence electrons. The molecule has 1 unspecified atom stereocenters. The summed E-state index contributed by atoms with van der Waals surface area (Å²) in [4.78, 5) is 5.86. The molecule has 1 aromatic heterocycles. The Kier molecular flexibility index (Phi) is 3.03. The van der Waals surface area contributed by atoms with Crippen LogP contribution in [0, 0.1) is 0 Å². The van der Waals surface area contributed by atoms with Gasteiger partial charge >= 0.3 is 0 Å². The second-order valence-corrected chi connectivity index (χ2v) is 6.21. The largest absolute Gasteiger partial charge is 0.370 e. The number of nitrogens with one attached hydrogen (secondary N) is 1. The quantitative estimate of drug-likeness (QED) is 0.644. The van der Waals surface area contributed by atoms with Crippen LogP contribution in [0.2, 0.25) is 0 Å². The molecule has 4 nitrogen and oxygen atoms in total. The summed E-state index contributed by atoms with van der Waals surface area (Å²) in [7, 11) is 0. The van der Waals surface area contributed by atoms with Gasteiger partial charge in [-0.1, -0.05) is 0 Å². The van der Waals surface area contributed by atoms with E-state index in [9.17, 15) is 0 Å². The fraction of sp³-hybridized carbons (Fsp3) is 0.615. The van der Waals surface area contributed by atoms with Crippen LogP contribution in [-0.4, -0.2) is 25.2 Å². The predicted octanol–water partition coefficient (Wildman–Crippen LogP) is 1.60. The molecular formula is C13H19N3OS. The lowest BCUT2D eigenvalue weighted by Gasteiger charge is -2.33. The van der Waals surface area contributed by atoms with Gasteiger partial charge in [-0.25, -0.2) is 0 Å². The monoisotopic (exact) mass is 265 g/mol. The van der Waals surface area contributed by atoms with Crippen LogP contribution in [-0.2, 0) is 16.8 Å². The molecule has 1 fully saturated rings. The molecule has 18 heavy (non-hydrogen) atoms. The van der Waals surface area contributed by atoms with Crippen LogP contribution in [0.1, 0.15) is 30.2 Å². The van der Waals surface area contributed by atoms with Gasteiger partial charge in [-0.3, -0.25) is 4.99 Å². The highest BCUT2D eigenvalue weighted by atomic mass is 32.1. The zero-order chi connectivity index (χ0) is 12.6. The Morgan fingerprint density at radius 1 is 1.67 bits per heavy atom. The third-order valence-electron chi connectivity index (χ3n) is 3.55. The molecule has 0 saturated heterocycles. The number of rotatable bonds is 3. The summed E-state index contributed by atoms with van der Waals surface area (Å²) in [6, 6.07) is 2.70. The lowest BCUT2D eigenvalue weighted by Crippen LogP contribution is -2.38. The lowest BCUT2D eigenvalue weighted by atomic mass is 9.93. The van der Waals surface area contributed by atoms with Gasteiger partial charge in [0, 0.05) is 17.3 Å². The summed E-state index contributed by atoms with van der Waals surface area (Å²) in [6.45, 7) is 3.46. The predicted molar refractivity (Wildman–Crippen MR) is 74.0 cm³/mol. The standard InChI is InChI=1S/C13H19N3OS/c1-13(8-15-12(14)16-9-2-3-9)10-5-7-18-11(10)4-6-17-13/h5,7,9H,2-4,6,8H2,1H3,(H3,14,15,16). The Labute approximate surface area is 111 Å². The van der Waals surface area contributed by atoms with Crippen LogP contribution in [0.3, 0.4) is 0 Å². The molecule has 0 bridgehead atoms. The minimum Gasteiger partial charge on any atom is -0.370 e. The van der Waals surface area contributed by atoms with Gasteiger partial charge in [0.25, 0.3) is 0 Å². The first-order valence-corrected chi connectivity index (χ1v) is 7.33. The van der Waals surface area contributed by atoms with Gasteiger partial charge in [0.2, 0.25) is 0 Å². The maximum Gasteiger partial charge on any atom is 0.188 e. The number of hydrogen-bond donors (Lipinski definition) is 2. The number of guanidine groups is 1. The zero-order valence-corrected chi connectivity index (χ0v) is 11.4. The zero-order valence-electron chi connectivity index (χ0n) is 10.6. The Hall–Kier alpha value is -1.07. The Balaban J connectivity index is 1.71. The van der Waals surface area contributed by atoms with Crippen molar-refractivity contribution in [2.45, 2.75) is 37.8 Å². The topological polar surface area (TPSA) is 59.6 Å². The molecular weight excluding hydrogens is 246 g/mol. The number of aliphatic imine (C=N–C) groups is 1. The number of nitrogens with two attached hydrogens (primary N) is 1. The average molecular weight is 265 g/mol. The van der Waals surface area contributed by atoms with Crippen LogP contribution in [0.25, 0.3) is 0 Å². The molecule has 5 heteroatoms. The summed E-state index contributed by atoms with van der Waals surface area (Å²) in [6.07, 6.45) is 3.43.